The highest BCUT2D eigenvalue weighted by Crippen LogP contribution is 2.27. The van der Waals surface area contributed by atoms with Gasteiger partial charge >= 0.3 is 0 Å². The molecule has 0 bridgehead atoms. The van der Waals surface area contributed by atoms with Gasteiger partial charge in [0.15, 0.2) is 0 Å². The fourth-order valence-electron chi connectivity index (χ4n) is 3.58. The molecule has 1 amide bonds. The number of amides is 1. The summed E-state index contributed by atoms with van der Waals surface area (Å²) >= 11 is 0. The molecule has 0 saturated carbocycles. The molecule has 0 unspecified atom stereocenters. The minimum Gasteiger partial charge on any atom is -0.353 e. The molecule has 0 spiro atoms. The molecule has 1 atom stereocenters. The van der Waals surface area contributed by atoms with E-state index in [0.717, 1.165) is 18.9 Å². The first-order valence-corrected chi connectivity index (χ1v) is 8.82. The normalized spacial score (nSPS) is 22.7. The van der Waals surface area contributed by atoms with Gasteiger partial charge in [-0.3, -0.25) is 9.69 Å². The van der Waals surface area contributed by atoms with E-state index in [-0.39, 0.29) is 5.91 Å². The average molecular weight is 316 g/mol. The second-order valence-electron chi connectivity index (χ2n) is 6.87. The zero-order valence-corrected chi connectivity index (χ0v) is 14.5. The lowest BCUT2D eigenvalue weighted by atomic mass is 9.97. The molecule has 1 aromatic rings. The van der Waals surface area contributed by atoms with E-state index < -0.39 is 0 Å². The molecule has 2 aliphatic heterocycles. The van der Waals surface area contributed by atoms with Gasteiger partial charge in [-0.15, -0.1) is 0 Å². The quantitative estimate of drug-likeness (QED) is 0.854. The van der Waals surface area contributed by atoms with Crippen LogP contribution >= 0.6 is 0 Å². The van der Waals surface area contributed by atoms with E-state index in [1.165, 1.54) is 25.8 Å². The maximum absolute atomic E-state index is 12.1. The molecule has 3 rings (SSSR count). The summed E-state index contributed by atoms with van der Waals surface area (Å²) < 4.78 is 0. The summed E-state index contributed by atoms with van der Waals surface area (Å²) in [6.45, 7) is 8.39. The molecule has 126 valence electrons. The third-order valence-electron chi connectivity index (χ3n) is 5.33. The summed E-state index contributed by atoms with van der Waals surface area (Å²) in [5, 5.41) is 0. The molecule has 0 aliphatic carbocycles. The van der Waals surface area contributed by atoms with Gasteiger partial charge in [0.25, 0.3) is 5.91 Å². The van der Waals surface area contributed by atoms with Gasteiger partial charge in [0, 0.05) is 45.0 Å². The van der Waals surface area contributed by atoms with Crippen molar-refractivity contribution in [2.45, 2.75) is 45.2 Å². The van der Waals surface area contributed by atoms with Crippen LogP contribution in [0.5, 0.6) is 0 Å². The van der Waals surface area contributed by atoms with Crippen LogP contribution in [-0.4, -0.2) is 66.0 Å². The molecular formula is C18H28N4O. The van der Waals surface area contributed by atoms with Crippen molar-refractivity contribution in [2.75, 3.05) is 38.1 Å². The SMILES string of the molecule is CCN(C)C(=O)c1ccc(N2CC(N3CCCC[C@@H]3C)C2)nc1. The molecule has 5 heteroatoms. The Hall–Kier alpha value is -1.62. The average Bonchev–Trinajstić information content (AvgIpc) is 2.54. The Bertz CT molecular complexity index is 538. The zero-order chi connectivity index (χ0) is 16.4. The Labute approximate surface area is 139 Å². The third kappa shape index (κ3) is 3.34. The van der Waals surface area contributed by atoms with E-state index in [4.69, 9.17) is 0 Å². The maximum atomic E-state index is 12.1. The summed E-state index contributed by atoms with van der Waals surface area (Å²) in [7, 11) is 1.82. The Morgan fingerprint density at radius 2 is 2.13 bits per heavy atom. The molecule has 2 saturated heterocycles. The second-order valence-corrected chi connectivity index (χ2v) is 6.87. The fourth-order valence-corrected chi connectivity index (χ4v) is 3.58. The Balaban J connectivity index is 1.56. The smallest absolute Gasteiger partial charge is 0.255 e. The lowest BCUT2D eigenvalue weighted by Gasteiger charge is -2.49. The third-order valence-corrected chi connectivity index (χ3v) is 5.33. The highest BCUT2D eigenvalue weighted by Gasteiger charge is 2.35. The standard InChI is InChI=1S/C18H28N4O/c1-4-20(3)18(23)15-8-9-17(19-11-15)21-12-16(13-21)22-10-6-5-7-14(22)2/h8-9,11,14,16H,4-7,10,12-13H2,1-3H3/t14-/m0/s1. The molecular weight excluding hydrogens is 288 g/mol. The first-order chi connectivity index (χ1) is 11.1. The lowest BCUT2D eigenvalue weighted by molar-refractivity contribution is 0.0801. The molecule has 2 fully saturated rings. The number of piperidine rings is 1. The van der Waals surface area contributed by atoms with E-state index >= 15 is 0 Å². The van der Waals surface area contributed by atoms with E-state index in [1.54, 1.807) is 11.1 Å². The maximum Gasteiger partial charge on any atom is 0.255 e. The number of carbonyl (C=O) groups excluding carboxylic acids is 1. The minimum absolute atomic E-state index is 0.0372. The number of aromatic nitrogens is 1. The van der Waals surface area contributed by atoms with Crippen molar-refractivity contribution >= 4 is 11.7 Å². The Morgan fingerprint density at radius 3 is 2.74 bits per heavy atom. The second kappa shape index (κ2) is 6.87. The number of carbonyl (C=O) groups is 1. The fraction of sp³-hybridized carbons (Fsp3) is 0.667. The molecule has 23 heavy (non-hydrogen) atoms. The van der Waals surface area contributed by atoms with Gasteiger partial charge in [0.2, 0.25) is 0 Å². The van der Waals surface area contributed by atoms with Crippen molar-refractivity contribution in [3.05, 3.63) is 23.9 Å². The van der Waals surface area contributed by atoms with Crippen LogP contribution in [0.4, 0.5) is 5.82 Å². The number of pyridine rings is 1. The zero-order valence-electron chi connectivity index (χ0n) is 14.5. The van der Waals surface area contributed by atoms with Crippen molar-refractivity contribution in [1.82, 2.24) is 14.8 Å². The molecule has 3 heterocycles. The molecule has 0 radical (unpaired) electrons. The van der Waals surface area contributed by atoms with E-state index in [9.17, 15) is 4.79 Å². The van der Waals surface area contributed by atoms with Crippen molar-refractivity contribution in [3.8, 4) is 0 Å². The summed E-state index contributed by atoms with van der Waals surface area (Å²) in [4.78, 5) is 23.3. The van der Waals surface area contributed by atoms with Crippen LogP contribution < -0.4 is 4.90 Å². The van der Waals surface area contributed by atoms with Gasteiger partial charge in [0.1, 0.15) is 5.82 Å². The van der Waals surface area contributed by atoms with Gasteiger partial charge in [-0.05, 0) is 45.4 Å². The van der Waals surface area contributed by atoms with Crippen LogP contribution in [0.3, 0.4) is 0 Å². The Kier molecular flexibility index (Phi) is 4.85. The van der Waals surface area contributed by atoms with E-state index in [1.807, 2.05) is 26.1 Å². The largest absolute Gasteiger partial charge is 0.353 e. The first-order valence-electron chi connectivity index (χ1n) is 8.82. The van der Waals surface area contributed by atoms with Gasteiger partial charge < -0.3 is 9.80 Å². The van der Waals surface area contributed by atoms with Crippen molar-refractivity contribution in [3.63, 3.8) is 0 Å². The summed E-state index contributed by atoms with van der Waals surface area (Å²) in [6.07, 6.45) is 5.75. The van der Waals surface area contributed by atoms with Gasteiger partial charge in [0.05, 0.1) is 5.56 Å². The summed E-state index contributed by atoms with van der Waals surface area (Å²) in [5.41, 5.74) is 0.667. The molecule has 0 N–H and O–H groups in total. The number of hydrogen-bond donors (Lipinski definition) is 0. The minimum atomic E-state index is 0.0372. The van der Waals surface area contributed by atoms with Crippen LogP contribution in [0, 0.1) is 0 Å². The monoisotopic (exact) mass is 316 g/mol. The lowest BCUT2D eigenvalue weighted by Crippen LogP contribution is -2.62. The van der Waals surface area contributed by atoms with E-state index in [0.29, 0.717) is 24.2 Å². The van der Waals surface area contributed by atoms with Crippen LogP contribution in [0.1, 0.15) is 43.5 Å². The highest BCUT2D eigenvalue weighted by molar-refractivity contribution is 5.93. The number of likely N-dealkylation sites (tertiary alicyclic amines) is 1. The predicted molar refractivity (Wildman–Crippen MR) is 92.9 cm³/mol. The Morgan fingerprint density at radius 1 is 1.35 bits per heavy atom. The van der Waals surface area contributed by atoms with Gasteiger partial charge in [-0.25, -0.2) is 4.98 Å². The van der Waals surface area contributed by atoms with Crippen molar-refractivity contribution < 1.29 is 4.79 Å². The summed E-state index contributed by atoms with van der Waals surface area (Å²) in [6, 6.07) is 5.26. The molecule has 5 nitrogen and oxygen atoms in total. The molecule has 1 aromatic heterocycles. The number of rotatable bonds is 4. The van der Waals surface area contributed by atoms with Gasteiger partial charge in [-0.2, -0.15) is 0 Å². The van der Waals surface area contributed by atoms with Crippen LogP contribution in [0.2, 0.25) is 0 Å². The van der Waals surface area contributed by atoms with Crippen LogP contribution in [0.25, 0.3) is 0 Å². The van der Waals surface area contributed by atoms with E-state index in [2.05, 4.69) is 21.7 Å². The number of anilines is 1. The van der Waals surface area contributed by atoms with Gasteiger partial charge in [-0.1, -0.05) is 6.42 Å². The van der Waals surface area contributed by atoms with Crippen molar-refractivity contribution in [2.24, 2.45) is 0 Å². The summed E-state index contributed by atoms with van der Waals surface area (Å²) in [5.74, 6) is 1.02. The number of nitrogens with zero attached hydrogens (tertiary/aromatic N) is 4. The van der Waals surface area contributed by atoms with Crippen LogP contribution in [-0.2, 0) is 0 Å². The molecule has 2 aliphatic rings. The highest BCUT2D eigenvalue weighted by atomic mass is 16.2. The van der Waals surface area contributed by atoms with Crippen molar-refractivity contribution in [1.29, 1.82) is 0 Å². The van der Waals surface area contributed by atoms with Crippen LogP contribution in [0.15, 0.2) is 18.3 Å². The predicted octanol–water partition coefficient (Wildman–Crippen LogP) is 2.24. The first kappa shape index (κ1) is 16.2. The topological polar surface area (TPSA) is 39.7 Å². The number of hydrogen-bond acceptors (Lipinski definition) is 4. The molecule has 0 aromatic carbocycles.